The monoisotopic (exact) mass is 343 g/mol. The molecule has 0 spiro atoms. The summed E-state index contributed by atoms with van der Waals surface area (Å²) < 4.78 is 3.27. The van der Waals surface area contributed by atoms with Crippen LogP contribution in [0.1, 0.15) is 51.9 Å². The molecule has 0 aliphatic carbocycles. The van der Waals surface area contributed by atoms with Gasteiger partial charge in [0.2, 0.25) is 0 Å². The Balaban J connectivity index is 2.75. The average Bonchev–Trinajstić information content (AvgIpc) is 2.65. The summed E-state index contributed by atoms with van der Waals surface area (Å²) in [6.07, 6.45) is 4.54. The van der Waals surface area contributed by atoms with Crippen LogP contribution in [0.5, 0.6) is 0 Å². The Hall–Kier alpha value is -0.350. The van der Waals surface area contributed by atoms with Gasteiger partial charge in [-0.2, -0.15) is 5.10 Å². The van der Waals surface area contributed by atoms with Crippen molar-refractivity contribution < 1.29 is 0 Å². The highest BCUT2D eigenvalue weighted by atomic mass is 79.9. The average molecular weight is 344 g/mol. The first-order valence-electron chi connectivity index (χ1n) is 7.90. The van der Waals surface area contributed by atoms with Crippen molar-refractivity contribution in [1.29, 1.82) is 0 Å². The van der Waals surface area contributed by atoms with Gasteiger partial charge in [0.25, 0.3) is 0 Å². The van der Waals surface area contributed by atoms with Crippen molar-refractivity contribution >= 4 is 15.9 Å². The van der Waals surface area contributed by atoms with Crippen LogP contribution in [0.4, 0.5) is 0 Å². The molecule has 1 atom stereocenters. The van der Waals surface area contributed by atoms with E-state index in [1.807, 2.05) is 0 Å². The van der Waals surface area contributed by atoms with E-state index in [9.17, 15) is 0 Å². The zero-order chi connectivity index (χ0) is 15.1. The van der Waals surface area contributed by atoms with Crippen molar-refractivity contribution in [2.45, 2.75) is 53.4 Å². The smallest absolute Gasteiger partial charge is 0.0766 e. The minimum Gasteiger partial charge on any atom is -0.316 e. The van der Waals surface area contributed by atoms with Gasteiger partial charge in [-0.1, -0.05) is 27.7 Å². The molecule has 0 aliphatic rings. The van der Waals surface area contributed by atoms with E-state index in [1.54, 1.807) is 0 Å². The van der Waals surface area contributed by atoms with E-state index < -0.39 is 0 Å². The standard InChI is InChI=1S/C16H30BrN3/c1-6-8-18-11-13(9-12(3)4)10-15-16(17)14(7-2)19-20(15)5/h12-13,18H,6-11H2,1-5H3. The summed E-state index contributed by atoms with van der Waals surface area (Å²) in [5, 5.41) is 8.18. The quantitative estimate of drug-likeness (QED) is 0.688. The number of aryl methyl sites for hydroxylation is 2. The molecule has 0 saturated heterocycles. The third kappa shape index (κ3) is 5.21. The minimum absolute atomic E-state index is 0.679. The molecule has 1 heterocycles. The molecular formula is C16H30BrN3. The topological polar surface area (TPSA) is 29.9 Å². The van der Waals surface area contributed by atoms with Gasteiger partial charge in [-0.3, -0.25) is 4.68 Å². The lowest BCUT2D eigenvalue weighted by Gasteiger charge is -2.20. The molecule has 0 saturated carbocycles. The third-order valence-corrected chi connectivity index (χ3v) is 4.56. The van der Waals surface area contributed by atoms with Crippen LogP contribution in [0.15, 0.2) is 4.47 Å². The summed E-state index contributed by atoms with van der Waals surface area (Å²) in [6.45, 7) is 11.2. The van der Waals surface area contributed by atoms with Crippen molar-refractivity contribution in [2.24, 2.45) is 18.9 Å². The molecule has 4 heteroatoms. The van der Waals surface area contributed by atoms with E-state index in [0.29, 0.717) is 5.92 Å². The number of rotatable bonds is 9. The Morgan fingerprint density at radius 1 is 1.30 bits per heavy atom. The second-order valence-corrected chi connectivity index (χ2v) is 6.88. The normalized spacial score (nSPS) is 13.2. The lowest BCUT2D eigenvalue weighted by Crippen LogP contribution is -2.26. The van der Waals surface area contributed by atoms with Crippen LogP contribution in [0, 0.1) is 11.8 Å². The maximum Gasteiger partial charge on any atom is 0.0766 e. The second-order valence-electron chi connectivity index (χ2n) is 6.09. The maximum absolute atomic E-state index is 4.61. The molecule has 1 unspecified atom stereocenters. The molecule has 0 aromatic carbocycles. The number of hydrogen-bond acceptors (Lipinski definition) is 2. The number of hydrogen-bond donors (Lipinski definition) is 1. The summed E-state index contributed by atoms with van der Waals surface area (Å²) in [5.41, 5.74) is 2.51. The lowest BCUT2D eigenvalue weighted by atomic mass is 9.92. The fraction of sp³-hybridized carbons (Fsp3) is 0.812. The molecule has 1 N–H and O–H groups in total. The van der Waals surface area contributed by atoms with Gasteiger partial charge in [0.15, 0.2) is 0 Å². The molecule has 116 valence electrons. The lowest BCUT2D eigenvalue weighted by molar-refractivity contribution is 0.378. The first-order valence-corrected chi connectivity index (χ1v) is 8.69. The van der Waals surface area contributed by atoms with E-state index in [2.05, 4.69) is 65.8 Å². The van der Waals surface area contributed by atoms with Crippen LogP contribution in [0.25, 0.3) is 0 Å². The molecular weight excluding hydrogens is 314 g/mol. The molecule has 1 aromatic rings. The van der Waals surface area contributed by atoms with Crippen molar-refractivity contribution in [3.63, 3.8) is 0 Å². The van der Waals surface area contributed by atoms with Crippen molar-refractivity contribution in [3.8, 4) is 0 Å². The van der Waals surface area contributed by atoms with Crippen LogP contribution in [0.2, 0.25) is 0 Å². The van der Waals surface area contributed by atoms with Crippen LogP contribution in [0.3, 0.4) is 0 Å². The van der Waals surface area contributed by atoms with Crippen LogP contribution < -0.4 is 5.32 Å². The summed E-state index contributed by atoms with van der Waals surface area (Å²) in [4.78, 5) is 0. The number of nitrogens with zero attached hydrogens (tertiary/aromatic N) is 2. The van der Waals surface area contributed by atoms with Gasteiger partial charge in [0, 0.05) is 7.05 Å². The number of nitrogens with one attached hydrogen (secondary N) is 1. The first-order chi connectivity index (χ1) is 9.49. The summed E-state index contributed by atoms with van der Waals surface area (Å²) in [6, 6.07) is 0. The largest absolute Gasteiger partial charge is 0.316 e. The molecule has 0 bridgehead atoms. The third-order valence-electron chi connectivity index (χ3n) is 3.65. The Morgan fingerprint density at radius 2 is 2.00 bits per heavy atom. The van der Waals surface area contributed by atoms with E-state index in [1.165, 1.54) is 28.7 Å². The predicted octanol–water partition coefficient (Wildman–Crippen LogP) is 3.95. The molecule has 20 heavy (non-hydrogen) atoms. The first kappa shape index (κ1) is 17.7. The summed E-state index contributed by atoms with van der Waals surface area (Å²) in [7, 11) is 2.06. The van der Waals surface area contributed by atoms with Crippen LogP contribution in [-0.2, 0) is 19.9 Å². The molecule has 0 amide bonds. The van der Waals surface area contributed by atoms with Gasteiger partial charge >= 0.3 is 0 Å². The predicted molar refractivity (Wildman–Crippen MR) is 90.1 cm³/mol. The highest BCUT2D eigenvalue weighted by Crippen LogP contribution is 2.26. The SMILES string of the molecule is CCCNCC(Cc1c(Br)c(CC)nn1C)CC(C)C. The summed E-state index contributed by atoms with van der Waals surface area (Å²) >= 11 is 3.74. The van der Waals surface area contributed by atoms with Crippen molar-refractivity contribution in [3.05, 3.63) is 15.9 Å². The fourth-order valence-electron chi connectivity index (χ4n) is 2.70. The Morgan fingerprint density at radius 3 is 2.50 bits per heavy atom. The molecule has 0 aliphatic heterocycles. The zero-order valence-corrected chi connectivity index (χ0v) is 15.3. The van der Waals surface area contributed by atoms with Gasteiger partial charge in [-0.05, 0) is 66.5 Å². The molecule has 1 aromatic heterocycles. The highest BCUT2D eigenvalue weighted by molar-refractivity contribution is 9.10. The molecule has 0 radical (unpaired) electrons. The van der Waals surface area contributed by atoms with E-state index in [0.717, 1.165) is 31.8 Å². The highest BCUT2D eigenvalue weighted by Gasteiger charge is 2.18. The van der Waals surface area contributed by atoms with Crippen LogP contribution >= 0.6 is 15.9 Å². The second kappa shape index (κ2) is 8.83. The maximum atomic E-state index is 4.61. The Kier molecular flexibility index (Phi) is 7.82. The molecule has 3 nitrogen and oxygen atoms in total. The van der Waals surface area contributed by atoms with Crippen molar-refractivity contribution in [2.75, 3.05) is 13.1 Å². The summed E-state index contributed by atoms with van der Waals surface area (Å²) in [5.74, 6) is 1.42. The van der Waals surface area contributed by atoms with Gasteiger partial charge in [0.05, 0.1) is 15.9 Å². The van der Waals surface area contributed by atoms with E-state index in [4.69, 9.17) is 0 Å². The zero-order valence-electron chi connectivity index (χ0n) is 13.7. The van der Waals surface area contributed by atoms with Gasteiger partial charge in [0.1, 0.15) is 0 Å². The van der Waals surface area contributed by atoms with E-state index >= 15 is 0 Å². The van der Waals surface area contributed by atoms with Crippen LogP contribution in [-0.4, -0.2) is 22.9 Å². The number of halogens is 1. The van der Waals surface area contributed by atoms with Gasteiger partial charge in [-0.25, -0.2) is 0 Å². The Bertz CT molecular complexity index is 399. The van der Waals surface area contributed by atoms with Crippen molar-refractivity contribution in [1.82, 2.24) is 15.1 Å². The molecule has 0 fully saturated rings. The molecule has 1 rings (SSSR count). The fourth-order valence-corrected chi connectivity index (χ4v) is 3.48. The number of aromatic nitrogens is 2. The van der Waals surface area contributed by atoms with Gasteiger partial charge < -0.3 is 5.32 Å². The Labute approximate surface area is 132 Å². The minimum atomic E-state index is 0.679. The van der Waals surface area contributed by atoms with E-state index in [-0.39, 0.29) is 0 Å². The van der Waals surface area contributed by atoms with Gasteiger partial charge in [-0.15, -0.1) is 0 Å².